The zero-order valence-corrected chi connectivity index (χ0v) is 13.3. The smallest absolute Gasteiger partial charge is 0.253 e. The highest BCUT2D eigenvalue weighted by Gasteiger charge is 2.15. The van der Waals surface area contributed by atoms with Crippen LogP contribution in [0, 0.1) is 12.8 Å². The molecule has 0 aliphatic heterocycles. The molecule has 0 heterocycles. The standard InChI is InChI=1S/C16H25N3O2/c1-11-7-8-13(16(21)19(3)4)10-14(11)18-15(20)12(2)6-5-9-17/h7-8,10,12H,5-6,9,17H2,1-4H3,(H,18,20). The Morgan fingerprint density at radius 1 is 1.33 bits per heavy atom. The monoisotopic (exact) mass is 291 g/mol. The quantitative estimate of drug-likeness (QED) is 0.842. The van der Waals surface area contributed by atoms with Gasteiger partial charge in [-0.05, 0) is 44.0 Å². The summed E-state index contributed by atoms with van der Waals surface area (Å²) in [7, 11) is 3.41. The molecule has 1 aromatic carbocycles. The summed E-state index contributed by atoms with van der Waals surface area (Å²) >= 11 is 0. The Bertz CT molecular complexity index is 512. The second kappa shape index (κ2) is 7.78. The van der Waals surface area contributed by atoms with Crippen molar-refractivity contribution in [3.63, 3.8) is 0 Å². The van der Waals surface area contributed by atoms with Crippen molar-refractivity contribution in [2.24, 2.45) is 11.7 Å². The minimum atomic E-state index is -0.0962. The average Bonchev–Trinajstić information content (AvgIpc) is 2.45. The molecule has 116 valence electrons. The fourth-order valence-electron chi connectivity index (χ4n) is 1.96. The van der Waals surface area contributed by atoms with Crippen LogP contribution < -0.4 is 11.1 Å². The Hall–Kier alpha value is -1.88. The van der Waals surface area contributed by atoms with Gasteiger partial charge in [-0.1, -0.05) is 13.0 Å². The third-order valence-corrected chi connectivity index (χ3v) is 3.44. The normalized spacial score (nSPS) is 11.9. The van der Waals surface area contributed by atoms with E-state index in [4.69, 9.17) is 5.73 Å². The topological polar surface area (TPSA) is 75.4 Å². The van der Waals surface area contributed by atoms with Gasteiger partial charge < -0.3 is 16.0 Å². The van der Waals surface area contributed by atoms with Crippen molar-refractivity contribution in [2.75, 3.05) is 26.0 Å². The summed E-state index contributed by atoms with van der Waals surface area (Å²) in [6.07, 6.45) is 1.59. The van der Waals surface area contributed by atoms with Crippen molar-refractivity contribution in [1.82, 2.24) is 4.90 Å². The number of carbonyl (C=O) groups excluding carboxylic acids is 2. The fourth-order valence-corrected chi connectivity index (χ4v) is 1.96. The van der Waals surface area contributed by atoms with Gasteiger partial charge in [-0.15, -0.1) is 0 Å². The maximum Gasteiger partial charge on any atom is 0.253 e. The second-order valence-electron chi connectivity index (χ2n) is 5.55. The molecular weight excluding hydrogens is 266 g/mol. The van der Waals surface area contributed by atoms with Gasteiger partial charge in [0.1, 0.15) is 0 Å². The summed E-state index contributed by atoms with van der Waals surface area (Å²) in [5.41, 5.74) is 7.65. The first-order valence-electron chi connectivity index (χ1n) is 7.20. The Morgan fingerprint density at radius 3 is 2.57 bits per heavy atom. The zero-order chi connectivity index (χ0) is 16.0. The molecule has 0 aromatic heterocycles. The lowest BCUT2D eigenvalue weighted by atomic mass is 10.0. The Morgan fingerprint density at radius 2 is 2.00 bits per heavy atom. The second-order valence-corrected chi connectivity index (χ2v) is 5.55. The van der Waals surface area contributed by atoms with Crippen LogP contribution in [-0.2, 0) is 4.79 Å². The molecule has 0 bridgehead atoms. The highest BCUT2D eigenvalue weighted by Crippen LogP contribution is 2.19. The molecule has 0 saturated heterocycles. The van der Waals surface area contributed by atoms with Crippen LogP contribution in [0.2, 0.25) is 0 Å². The Labute approximate surface area is 126 Å². The lowest BCUT2D eigenvalue weighted by molar-refractivity contribution is -0.119. The van der Waals surface area contributed by atoms with E-state index in [2.05, 4.69) is 5.32 Å². The molecule has 0 aliphatic carbocycles. The third kappa shape index (κ3) is 4.86. The largest absolute Gasteiger partial charge is 0.345 e. The van der Waals surface area contributed by atoms with Gasteiger partial charge in [0.05, 0.1) is 0 Å². The van der Waals surface area contributed by atoms with Crippen molar-refractivity contribution in [1.29, 1.82) is 0 Å². The number of nitrogens with two attached hydrogens (primary N) is 1. The predicted octanol–water partition coefficient (Wildman–Crippen LogP) is 2.01. The third-order valence-electron chi connectivity index (χ3n) is 3.44. The van der Waals surface area contributed by atoms with Gasteiger partial charge in [0.15, 0.2) is 0 Å². The molecule has 0 fully saturated rings. The molecule has 21 heavy (non-hydrogen) atoms. The van der Waals surface area contributed by atoms with Crippen LogP contribution in [0.25, 0.3) is 0 Å². The minimum Gasteiger partial charge on any atom is -0.345 e. The number of nitrogens with one attached hydrogen (secondary N) is 1. The van der Waals surface area contributed by atoms with Gasteiger partial charge in [-0.2, -0.15) is 0 Å². The summed E-state index contributed by atoms with van der Waals surface area (Å²) in [4.78, 5) is 25.6. The number of benzene rings is 1. The van der Waals surface area contributed by atoms with E-state index in [0.29, 0.717) is 17.8 Å². The van der Waals surface area contributed by atoms with Crippen LogP contribution in [0.1, 0.15) is 35.7 Å². The maximum absolute atomic E-state index is 12.1. The van der Waals surface area contributed by atoms with Crippen molar-refractivity contribution < 1.29 is 9.59 Å². The highest BCUT2D eigenvalue weighted by molar-refractivity contribution is 5.98. The molecule has 2 amide bonds. The average molecular weight is 291 g/mol. The molecule has 0 radical (unpaired) electrons. The number of rotatable bonds is 6. The number of anilines is 1. The summed E-state index contributed by atoms with van der Waals surface area (Å²) in [6.45, 7) is 4.38. The van der Waals surface area contributed by atoms with E-state index in [-0.39, 0.29) is 17.7 Å². The fraction of sp³-hybridized carbons (Fsp3) is 0.500. The predicted molar refractivity (Wildman–Crippen MR) is 85.3 cm³/mol. The van der Waals surface area contributed by atoms with Crippen molar-refractivity contribution in [2.45, 2.75) is 26.7 Å². The van der Waals surface area contributed by atoms with Gasteiger partial charge in [0.25, 0.3) is 5.91 Å². The molecule has 0 aliphatic rings. The zero-order valence-electron chi connectivity index (χ0n) is 13.3. The van der Waals surface area contributed by atoms with Crippen molar-refractivity contribution >= 4 is 17.5 Å². The Balaban J connectivity index is 2.85. The molecule has 5 heteroatoms. The van der Waals surface area contributed by atoms with Crippen LogP contribution in [0.15, 0.2) is 18.2 Å². The van der Waals surface area contributed by atoms with E-state index in [1.807, 2.05) is 19.9 Å². The molecule has 1 rings (SSSR count). The number of aryl methyl sites for hydroxylation is 1. The Kier molecular flexibility index (Phi) is 6.37. The van der Waals surface area contributed by atoms with Gasteiger partial charge in [0, 0.05) is 31.3 Å². The van der Waals surface area contributed by atoms with Crippen LogP contribution in [0.4, 0.5) is 5.69 Å². The summed E-state index contributed by atoms with van der Waals surface area (Å²) in [5.74, 6) is -0.219. The van der Waals surface area contributed by atoms with E-state index < -0.39 is 0 Å². The van der Waals surface area contributed by atoms with Gasteiger partial charge in [-0.3, -0.25) is 9.59 Å². The van der Waals surface area contributed by atoms with E-state index in [1.54, 1.807) is 26.2 Å². The summed E-state index contributed by atoms with van der Waals surface area (Å²) in [6, 6.07) is 5.34. The van der Waals surface area contributed by atoms with E-state index in [1.165, 1.54) is 4.90 Å². The van der Waals surface area contributed by atoms with E-state index in [9.17, 15) is 9.59 Å². The van der Waals surface area contributed by atoms with Crippen LogP contribution in [0.3, 0.4) is 0 Å². The van der Waals surface area contributed by atoms with Gasteiger partial charge in [0.2, 0.25) is 5.91 Å². The first-order chi connectivity index (χ1) is 9.86. The SMILES string of the molecule is Cc1ccc(C(=O)N(C)C)cc1NC(=O)C(C)CCCN. The number of hydrogen-bond donors (Lipinski definition) is 2. The van der Waals surface area contributed by atoms with Crippen LogP contribution in [0.5, 0.6) is 0 Å². The molecule has 5 nitrogen and oxygen atoms in total. The summed E-state index contributed by atoms with van der Waals surface area (Å²) in [5, 5.41) is 2.90. The molecule has 1 aromatic rings. The van der Waals surface area contributed by atoms with E-state index in [0.717, 1.165) is 18.4 Å². The summed E-state index contributed by atoms with van der Waals surface area (Å²) < 4.78 is 0. The first kappa shape index (κ1) is 17.2. The molecule has 1 atom stereocenters. The molecule has 0 spiro atoms. The number of hydrogen-bond acceptors (Lipinski definition) is 3. The van der Waals surface area contributed by atoms with Crippen LogP contribution >= 0.6 is 0 Å². The highest BCUT2D eigenvalue weighted by atomic mass is 16.2. The lowest BCUT2D eigenvalue weighted by Crippen LogP contribution is -2.23. The van der Waals surface area contributed by atoms with E-state index >= 15 is 0 Å². The minimum absolute atomic E-state index is 0.0407. The maximum atomic E-state index is 12.1. The molecule has 1 unspecified atom stereocenters. The molecular formula is C16H25N3O2. The number of amides is 2. The van der Waals surface area contributed by atoms with Gasteiger partial charge >= 0.3 is 0 Å². The van der Waals surface area contributed by atoms with Crippen molar-refractivity contribution in [3.05, 3.63) is 29.3 Å². The molecule has 0 saturated carbocycles. The van der Waals surface area contributed by atoms with Gasteiger partial charge in [-0.25, -0.2) is 0 Å². The lowest BCUT2D eigenvalue weighted by Gasteiger charge is -2.15. The number of nitrogens with zero attached hydrogens (tertiary/aromatic N) is 1. The van der Waals surface area contributed by atoms with Crippen molar-refractivity contribution in [3.8, 4) is 0 Å². The van der Waals surface area contributed by atoms with Crippen LogP contribution in [-0.4, -0.2) is 37.4 Å². The first-order valence-corrected chi connectivity index (χ1v) is 7.20. The number of carbonyl (C=O) groups is 2. The molecule has 3 N–H and O–H groups in total.